The first-order chi connectivity index (χ1) is 8.08. The standard InChI is InChI=1S/C12H11BrFNO2/c13-8-1-2-10(11(14)7-8)12(17)15-5-3-9(16)4-6-15/h1-2,7H,3-6H2. The minimum absolute atomic E-state index is 0.0579. The van der Waals surface area contributed by atoms with Gasteiger partial charge in [-0.2, -0.15) is 0 Å². The second-order valence-electron chi connectivity index (χ2n) is 3.96. The number of Topliss-reactive ketones (excluding diaryl/α,β-unsaturated/α-hetero) is 1. The number of piperidine rings is 1. The zero-order valence-corrected chi connectivity index (χ0v) is 10.7. The molecule has 0 aromatic heterocycles. The fraction of sp³-hybridized carbons (Fsp3) is 0.333. The van der Waals surface area contributed by atoms with Crippen LogP contribution in [0.2, 0.25) is 0 Å². The first-order valence-corrected chi connectivity index (χ1v) is 6.13. The minimum atomic E-state index is -0.540. The summed E-state index contributed by atoms with van der Waals surface area (Å²) in [5, 5.41) is 0. The second kappa shape index (κ2) is 4.96. The number of carbonyl (C=O) groups is 2. The molecule has 1 saturated heterocycles. The molecule has 2 rings (SSSR count). The Morgan fingerprint density at radius 2 is 1.94 bits per heavy atom. The zero-order valence-electron chi connectivity index (χ0n) is 9.08. The van der Waals surface area contributed by atoms with Gasteiger partial charge in [-0.15, -0.1) is 0 Å². The third kappa shape index (κ3) is 2.72. The second-order valence-corrected chi connectivity index (χ2v) is 4.87. The summed E-state index contributed by atoms with van der Waals surface area (Å²) in [5.41, 5.74) is 0.0579. The van der Waals surface area contributed by atoms with Crippen LogP contribution >= 0.6 is 15.9 Å². The molecule has 1 amide bonds. The zero-order chi connectivity index (χ0) is 12.4. The molecule has 1 aromatic carbocycles. The maximum absolute atomic E-state index is 13.6. The maximum atomic E-state index is 13.6. The number of hydrogen-bond donors (Lipinski definition) is 0. The van der Waals surface area contributed by atoms with E-state index in [4.69, 9.17) is 0 Å². The van der Waals surface area contributed by atoms with Gasteiger partial charge in [0, 0.05) is 30.4 Å². The molecule has 0 spiro atoms. The molecule has 5 heteroatoms. The van der Waals surface area contributed by atoms with Crippen molar-refractivity contribution in [2.45, 2.75) is 12.8 Å². The van der Waals surface area contributed by atoms with Crippen molar-refractivity contribution in [3.05, 3.63) is 34.1 Å². The summed E-state index contributed by atoms with van der Waals surface area (Å²) < 4.78 is 14.2. The summed E-state index contributed by atoms with van der Waals surface area (Å²) in [5.74, 6) is -0.728. The van der Waals surface area contributed by atoms with Crippen molar-refractivity contribution in [1.82, 2.24) is 4.90 Å². The van der Waals surface area contributed by atoms with Gasteiger partial charge in [0.2, 0.25) is 0 Å². The van der Waals surface area contributed by atoms with Gasteiger partial charge in [0.1, 0.15) is 11.6 Å². The molecule has 1 fully saturated rings. The SMILES string of the molecule is O=C1CCN(C(=O)c2ccc(Br)cc2F)CC1. The van der Waals surface area contributed by atoms with Gasteiger partial charge in [-0.3, -0.25) is 9.59 Å². The number of carbonyl (C=O) groups excluding carboxylic acids is 2. The molecule has 1 aliphatic heterocycles. The number of halogens is 2. The molecule has 0 saturated carbocycles. The van der Waals surface area contributed by atoms with Crippen LogP contribution in [0.3, 0.4) is 0 Å². The molecule has 90 valence electrons. The van der Waals surface area contributed by atoms with Gasteiger partial charge in [0.15, 0.2) is 0 Å². The van der Waals surface area contributed by atoms with E-state index in [0.717, 1.165) is 0 Å². The lowest BCUT2D eigenvalue weighted by molar-refractivity contribution is -0.120. The summed E-state index contributed by atoms with van der Waals surface area (Å²) in [6.07, 6.45) is 0.730. The number of amides is 1. The summed E-state index contributed by atoms with van der Waals surface area (Å²) in [6.45, 7) is 0.764. The Bertz CT molecular complexity index is 466. The Hall–Kier alpha value is -1.23. The van der Waals surface area contributed by atoms with Gasteiger partial charge in [0.05, 0.1) is 5.56 Å². The number of nitrogens with zero attached hydrogens (tertiary/aromatic N) is 1. The first-order valence-electron chi connectivity index (χ1n) is 5.34. The highest BCUT2D eigenvalue weighted by Gasteiger charge is 2.23. The number of ketones is 1. The summed E-state index contributed by atoms with van der Waals surface area (Å²) in [7, 11) is 0. The van der Waals surface area contributed by atoms with Gasteiger partial charge in [-0.1, -0.05) is 15.9 Å². The van der Waals surface area contributed by atoms with Crippen LogP contribution < -0.4 is 0 Å². The van der Waals surface area contributed by atoms with Gasteiger partial charge < -0.3 is 4.90 Å². The van der Waals surface area contributed by atoms with E-state index in [1.165, 1.54) is 17.0 Å². The molecule has 3 nitrogen and oxygen atoms in total. The Kier molecular flexibility index (Phi) is 3.57. The van der Waals surface area contributed by atoms with E-state index in [2.05, 4.69) is 15.9 Å². The van der Waals surface area contributed by atoms with Crippen molar-refractivity contribution in [2.75, 3.05) is 13.1 Å². The molecular formula is C12H11BrFNO2. The highest BCUT2D eigenvalue weighted by atomic mass is 79.9. The largest absolute Gasteiger partial charge is 0.338 e. The van der Waals surface area contributed by atoms with E-state index in [1.807, 2.05) is 0 Å². The molecule has 0 atom stereocenters. The predicted molar refractivity (Wildman–Crippen MR) is 64.2 cm³/mol. The van der Waals surface area contributed by atoms with E-state index in [9.17, 15) is 14.0 Å². The third-order valence-electron chi connectivity index (χ3n) is 2.77. The highest BCUT2D eigenvalue weighted by molar-refractivity contribution is 9.10. The topological polar surface area (TPSA) is 37.4 Å². The predicted octanol–water partition coefficient (Wildman–Crippen LogP) is 2.39. The van der Waals surface area contributed by atoms with Crippen molar-refractivity contribution in [2.24, 2.45) is 0 Å². The van der Waals surface area contributed by atoms with Crippen LogP contribution in [-0.4, -0.2) is 29.7 Å². The van der Waals surface area contributed by atoms with Crippen LogP contribution in [-0.2, 0) is 4.79 Å². The van der Waals surface area contributed by atoms with Crippen LogP contribution in [0, 0.1) is 5.82 Å². The van der Waals surface area contributed by atoms with Gasteiger partial charge >= 0.3 is 0 Å². The summed E-state index contributed by atoms with van der Waals surface area (Å²) in [4.78, 5) is 24.6. The molecule has 1 aliphatic rings. The smallest absolute Gasteiger partial charge is 0.256 e. The molecule has 1 aromatic rings. The van der Waals surface area contributed by atoms with Crippen LogP contribution in [0.25, 0.3) is 0 Å². The van der Waals surface area contributed by atoms with Crippen LogP contribution in [0.1, 0.15) is 23.2 Å². The average molecular weight is 300 g/mol. The molecule has 0 bridgehead atoms. The Morgan fingerprint density at radius 1 is 1.29 bits per heavy atom. The highest BCUT2D eigenvalue weighted by Crippen LogP contribution is 2.18. The van der Waals surface area contributed by atoms with Crippen molar-refractivity contribution in [1.29, 1.82) is 0 Å². The van der Waals surface area contributed by atoms with Crippen molar-refractivity contribution >= 4 is 27.6 Å². The molecule has 0 radical (unpaired) electrons. The maximum Gasteiger partial charge on any atom is 0.256 e. The number of benzene rings is 1. The fourth-order valence-electron chi connectivity index (χ4n) is 1.79. The molecule has 0 unspecified atom stereocenters. The Morgan fingerprint density at radius 3 is 2.53 bits per heavy atom. The molecular weight excluding hydrogens is 289 g/mol. The Balaban J connectivity index is 2.16. The number of likely N-dealkylation sites (tertiary alicyclic amines) is 1. The lowest BCUT2D eigenvalue weighted by Gasteiger charge is -2.26. The summed E-state index contributed by atoms with van der Waals surface area (Å²) >= 11 is 3.14. The van der Waals surface area contributed by atoms with E-state index in [0.29, 0.717) is 30.4 Å². The first kappa shape index (κ1) is 12.2. The monoisotopic (exact) mass is 299 g/mol. The molecule has 0 N–H and O–H groups in total. The lowest BCUT2D eigenvalue weighted by Crippen LogP contribution is -2.38. The minimum Gasteiger partial charge on any atom is -0.338 e. The van der Waals surface area contributed by atoms with Crippen LogP contribution in [0.5, 0.6) is 0 Å². The van der Waals surface area contributed by atoms with Crippen molar-refractivity contribution < 1.29 is 14.0 Å². The molecule has 0 aliphatic carbocycles. The molecule has 17 heavy (non-hydrogen) atoms. The normalized spacial score (nSPS) is 16.1. The number of rotatable bonds is 1. The van der Waals surface area contributed by atoms with E-state index < -0.39 is 5.82 Å². The average Bonchev–Trinajstić information content (AvgIpc) is 2.29. The van der Waals surface area contributed by atoms with Crippen molar-refractivity contribution in [3.8, 4) is 0 Å². The van der Waals surface area contributed by atoms with E-state index >= 15 is 0 Å². The van der Waals surface area contributed by atoms with Crippen molar-refractivity contribution in [3.63, 3.8) is 0 Å². The fourth-order valence-corrected chi connectivity index (χ4v) is 2.13. The van der Waals surface area contributed by atoms with Crippen LogP contribution in [0.15, 0.2) is 22.7 Å². The summed E-state index contributed by atoms with van der Waals surface area (Å²) in [6, 6.07) is 4.35. The molecule has 1 heterocycles. The van der Waals surface area contributed by atoms with Gasteiger partial charge in [-0.05, 0) is 18.2 Å². The number of hydrogen-bond acceptors (Lipinski definition) is 2. The third-order valence-corrected chi connectivity index (χ3v) is 3.26. The van der Waals surface area contributed by atoms with Gasteiger partial charge in [-0.25, -0.2) is 4.39 Å². The van der Waals surface area contributed by atoms with E-state index in [1.54, 1.807) is 6.07 Å². The Labute approximate surface area is 107 Å². The van der Waals surface area contributed by atoms with Crippen LogP contribution in [0.4, 0.5) is 4.39 Å². The quantitative estimate of drug-likeness (QED) is 0.798. The lowest BCUT2D eigenvalue weighted by atomic mass is 10.1. The van der Waals surface area contributed by atoms with Gasteiger partial charge in [0.25, 0.3) is 5.91 Å². The van der Waals surface area contributed by atoms with E-state index in [-0.39, 0.29) is 17.3 Å².